The minimum atomic E-state index is -3.58. The highest BCUT2D eigenvalue weighted by Gasteiger charge is 2.26. The molecule has 0 spiro atoms. The smallest absolute Gasteiger partial charge is 0.255 e. The summed E-state index contributed by atoms with van der Waals surface area (Å²) in [6, 6.07) is 9.10. The number of fused-ring (bicyclic) bond motifs is 1. The molecule has 154 valence electrons. The van der Waals surface area contributed by atoms with Gasteiger partial charge in [-0.1, -0.05) is 11.6 Å². The number of anilines is 1. The second-order valence-electron chi connectivity index (χ2n) is 6.48. The summed E-state index contributed by atoms with van der Waals surface area (Å²) < 4.78 is 42.8. The van der Waals surface area contributed by atoms with Crippen molar-refractivity contribution in [3.05, 3.63) is 47.0 Å². The third-order valence-electron chi connectivity index (χ3n) is 4.58. The molecule has 0 unspecified atom stereocenters. The van der Waals surface area contributed by atoms with Crippen molar-refractivity contribution in [3.8, 4) is 11.5 Å². The summed E-state index contributed by atoms with van der Waals surface area (Å²) in [6.07, 6.45) is 0. The van der Waals surface area contributed by atoms with E-state index in [0.29, 0.717) is 67.3 Å². The fourth-order valence-corrected chi connectivity index (χ4v) is 4.76. The third-order valence-corrected chi connectivity index (χ3v) is 6.77. The van der Waals surface area contributed by atoms with E-state index in [4.69, 9.17) is 25.8 Å². The lowest BCUT2D eigenvalue weighted by atomic mass is 10.1. The second-order valence-corrected chi connectivity index (χ2v) is 8.82. The molecule has 4 rings (SSSR count). The molecule has 2 aromatic rings. The van der Waals surface area contributed by atoms with E-state index >= 15 is 0 Å². The molecule has 2 aromatic carbocycles. The number of amides is 1. The average Bonchev–Trinajstić information content (AvgIpc) is 2.75. The predicted molar refractivity (Wildman–Crippen MR) is 106 cm³/mol. The van der Waals surface area contributed by atoms with Gasteiger partial charge in [0.2, 0.25) is 10.0 Å². The summed E-state index contributed by atoms with van der Waals surface area (Å²) in [5.74, 6) is 0.445. The van der Waals surface area contributed by atoms with E-state index in [2.05, 4.69) is 5.32 Å². The molecular formula is C19H19ClN2O6S. The number of nitrogens with zero attached hydrogens (tertiary/aromatic N) is 1. The van der Waals surface area contributed by atoms with Gasteiger partial charge in [0.05, 0.1) is 23.1 Å². The molecule has 0 radical (unpaired) electrons. The first-order valence-corrected chi connectivity index (χ1v) is 10.9. The molecule has 0 aliphatic carbocycles. The van der Waals surface area contributed by atoms with E-state index in [-0.39, 0.29) is 4.90 Å². The molecule has 2 aliphatic heterocycles. The van der Waals surface area contributed by atoms with E-state index in [0.717, 1.165) is 0 Å². The predicted octanol–water partition coefficient (Wildman–Crippen LogP) is 2.38. The molecule has 0 aromatic heterocycles. The van der Waals surface area contributed by atoms with Crippen LogP contribution in [-0.4, -0.2) is 58.1 Å². The first-order chi connectivity index (χ1) is 13.9. The SMILES string of the molecule is O=C(Nc1ccc(S(=O)(=O)N2CCOCC2)cc1)c1cc(Cl)c2c(c1)OCCO2. The largest absolute Gasteiger partial charge is 0.486 e. The second kappa shape index (κ2) is 8.19. The van der Waals surface area contributed by atoms with Crippen molar-refractivity contribution >= 4 is 33.2 Å². The number of hydrogen-bond donors (Lipinski definition) is 1. The molecule has 1 N–H and O–H groups in total. The van der Waals surface area contributed by atoms with Crippen molar-refractivity contribution in [2.45, 2.75) is 4.90 Å². The third kappa shape index (κ3) is 4.18. The normalized spacial score (nSPS) is 17.0. The van der Waals surface area contributed by atoms with Gasteiger partial charge in [-0.25, -0.2) is 8.42 Å². The lowest BCUT2D eigenvalue weighted by molar-refractivity contribution is 0.0730. The highest BCUT2D eigenvalue weighted by molar-refractivity contribution is 7.89. The lowest BCUT2D eigenvalue weighted by Crippen LogP contribution is -2.40. The number of carbonyl (C=O) groups is 1. The quantitative estimate of drug-likeness (QED) is 0.787. The van der Waals surface area contributed by atoms with Crippen LogP contribution in [0.2, 0.25) is 5.02 Å². The molecule has 0 saturated carbocycles. The summed E-state index contributed by atoms with van der Waals surface area (Å²) in [6.45, 7) is 2.19. The van der Waals surface area contributed by atoms with Gasteiger partial charge in [-0.2, -0.15) is 4.31 Å². The Kier molecular flexibility index (Phi) is 5.64. The van der Waals surface area contributed by atoms with Crippen LogP contribution in [0, 0.1) is 0 Å². The van der Waals surface area contributed by atoms with Crippen LogP contribution in [0.3, 0.4) is 0 Å². The Balaban J connectivity index is 1.49. The monoisotopic (exact) mass is 438 g/mol. The van der Waals surface area contributed by atoms with Gasteiger partial charge in [-0.3, -0.25) is 4.79 Å². The lowest BCUT2D eigenvalue weighted by Gasteiger charge is -2.26. The zero-order valence-electron chi connectivity index (χ0n) is 15.4. The highest BCUT2D eigenvalue weighted by Crippen LogP contribution is 2.38. The van der Waals surface area contributed by atoms with Crippen molar-refractivity contribution in [3.63, 3.8) is 0 Å². The number of benzene rings is 2. The Labute approximate surface area is 173 Å². The topological polar surface area (TPSA) is 94.2 Å². The Morgan fingerprint density at radius 1 is 1.00 bits per heavy atom. The van der Waals surface area contributed by atoms with Crippen molar-refractivity contribution in [2.75, 3.05) is 44.8 Å². The van der Waals surface area contributed by atoms with Crippen LogP contribution < -0.4 is 14.8 Å². The van der Waals surface area contributed by atoms with Gasteiger partial charge in [-0.05, 0) is 36.4 Å². The number of hydrogen-bond acceptors (Lipinski definition) is 6. The van der Waals surface area contributed by atoms with E-state index in [9.17, 15) is 13.2 Å². The molecule has 8 nitrogen and oxygen atoms in total. The number of rotatable bonds is 4. The average molecular weight is 439 g/mol. The standard InChI is InChI=1S/C19H19ClN2O6S/c20-16-11-13(12-17-18(16)28-10-9-27-17)19(23)21-14-1-3-15(4-2-14)29(24,25)22-5-7-26-8-6-22/h1-4,11-12H,5-10H2,(H,21,23). The summed E-state index contributed by atoms with van der Waals surface area (Å²) in [4.78, 5) is 12.7. The minimum absolute atomic E-state index is 0.166. The number of carbonyl (C=O) groups excluding carboxylic acids is 1. The van der Waals surface area contributed by atoms with Gasteiger partial charge in [-0.15, -0.1) is 0 Å². The summed E-state index contributed by atoms with van der Waals surface area (Å²) in [5, 5.41) is 3.02. The van der Waals surface area contributed by atoms with Gasteiger partial charge in [0, 0.05) is 24.3 Å². The van der Waals surface area contributed by atoms with Gasteiger partial charge in [0.25, 0.3) is 5.91 Å². The molecule has 1 amide bonds. The van der Waals surface area contributed by atoms with Crippen molar-refractivity contribution < 1.29 is 27.4 Å². The van der Waals surface area contributed by atoms with Gasteiger partial charge < -0.3 is 19.5 Å². The van der Waals surface area contributed by atoms with Crippen LogP contribution in [0.5, 0.6) is 11.5 Å². The van der Waals surface area contributed by atoms with Crippen molar-refractivity contribution in [1.29, 1.82) is 0 Å². The molecule has 10 heteroatoms. The number of sulfonamides is 1. The first kappa shape index (κ1) is 20.0. The van der Waals surface area contributed by atoms with Crippen molar-refractivity contribution in [2.24, 2.45) is 0 Å². The van der Waals surface area contributed by atoms with E-state index in [1.165, 1.54) is 22.5 Å². The minimum Gasteiger partial charge on any atom is -0.486 e. The zero-order chi connectivity index (χ0) is 20.4. The first-order valence-electron chi connectivity index (χ1n) is 9.03. The molecule has 29 heavy (non-hydrogen) atoms. The Bertz CT molecular complexity index is 1020. The molecule has 0 bridgehead atoms. The van der Waals surface area contributed by atoms with Crippen LogP contribution in [0.25, 0.3) is 0 Å². The molecule has 1 fully saturated rings. The molecule has 0 atom stereocenters. The highest BCUT2D eigenvalue weighted by atomic mass is 35.5. The molecule has 1 saturated heterocycles. The summed E-state index contributed by atoms with van der Waals surface area (Å²) in [5.41, 5.74) is 0.770. The van der Waals surface area contributed by atoms with Crippen LogP contribution in [0.4, 0.5) is 5.69 Å². The van der Waals surface area contributed by atoms with E-state index < -0.39 is 15.9 Å². The van der Waals surface area contributed by atoms with Crippen molar-refractivity contribution in [1.82, 2.24) is 4.31 Å². The van der Waals surface area contributed by atoms with Gasteiger partial charge in [0.1, 0.15) is 13.2 Å². The van der Waals surface area contributed by atoms with Gasteiger partial charge in [0.15, 0.2) is 11.5 Å². The number of halogens is 1. The maximum atomic E-state index is 12.7. The Morgan fingerprint density at radius 3 is 2.41 bits per heavy atom. The number of nitrogens with one attached hydrogen (secondary N) is 1. The summed E-state index contributed by atoms with van der Waals surface area (Å²) in [7, 11) is -3.58. The summed E-state index contributed by atoms with van der Waals surface area (Å²) >= 11 is 6.17. The molecule has 2 aliphatic rings. The Morgan fingerprint density at radius 2 is 1.69 bits per heavy atom. The number of ether oxygens (including phenoxy) is 3. The maximum absolute atomic E-state index is 12.7. The zero-order valence-corrected chi connectivity index (χ0v) is 17.0. The fourth-order valence-electron chi connectivity index (χ4n) is 3.09. The maximum Gasteiger partial charge on any atom is 0.255 e. The fraction of sp³-hybridized carbons (Fsp3) is 0.316. The van der Waals surface area contributed by atoms with E-state index in [1.807, 2.05) is 0 Å². The van der Waals surface area contributed by atoms with Crippen LogP contribution >= 0.6 is 11.6 Å². The molecular weight excluding hydrogens is 420 g/mol. The number of morpholine rings is 1. The van der Waals surface area contributed by atoms with Crippen LogP contribution in [0.1, 0.15) is 10.4 Å². The van der Waals surface area contributed by atoms with Crippen LogP contribution in [0.15, 0.2) is 41.3 Å². The van der Waals surface area contributed by atoms with Gasteiger partial charge >= 0.3 is 0 Å². The Hall–Kier alpha value is -2.33. The van der Waals surface area contributed by atoms with Crippen LogP contribution in [-0.2, 0) is 14.8 Å². The molecule has 2 heterocycles. The van der Waals surface area contributed by atoms with E-state index in [1.54, 1.807) is 18.2 Å².